The topological polar surface area (TPSA) is 91.3 Å². The molecule has 9 heteroatoms. The third-order valence-electron chi connectivity index (χ3n) is 8.08. The number of likely N-dealkylation sites (N-methyl/N-ethyl adjacent to an activating group) is 1. The molecular weight excluding hydrogens is 601 g/mol. The Morgan fingerprint density at radius 3 is 1.65 bits per heavy atom. The number of unbranched alkanes of at least 4 members (excludes halogenated alkanes) is 19. The lowest BCUT2D eigenvalue weighted by atomic mass is 10.1. The van der Waals surface area contributed by atoms with Crippen LogP contribution in [0.5, 0.6) is 0 Å². The van der Waals surface area contributed by atoms with E-state index in [2.05, 4.69) is 26.0 Å². The number of nitrogens with zero attached hydrogens (tertiary/aromatic N) is 1. The van der Waals surface area contributed by atoms with E-state index in [4.69, 9.17) is 18.5 Å². The molecule has 0 aliphatic heterocycles. The first-order chi connectivity index (χ1) is 22.1. The van der Waals surface area contributed by atoms with Gasteiger partial charge in [0.1, 0.15) is 19.3 Å². The summed E-state index contributed by atoms with van der Waals surface area (Å²) < 4.78 is 34.8. The first-order valence-corrected chi connectivity index (χ1v) is 20.4. The number of allylic oxidation sites excluding steroid dienone is 2. The average molecular weight is 677 g/mol. The van der Waals surface area contributed by atoms with Crippen molar-refractivity contribution >= 4 is 13.8 Å². The van der Waals surface area contributed by atoms with Crippen LogP contribution in [0.15, 0.2) is 12.2 Å². The molecule has 8 nitrogen and oxygen atoms in total. The Bertz CT molecular complexity index is 756. The SMILES string of the molecule is CCCCCCCC/C=C\CCCCCCCC(=O)OC(COCCCCCCCCCCC)COP(=O)(O)OCC[N+](C)(C)C. The second-order valence-electron chi connectivity index (χ2n) is 14.0. The first kappa shape index (κ1) is 45.2. The molecule has 0 rings (SSSR count). The molecule has 1 N–H and O–H groups in total. The minimum absolute atomic E-state index is 0.0896. The molecule has 0 saturated heterocycles. The molecule has 0 amide bonds. The number of ether oxygens (including phenoxy) is 2. The second-order valence-corrected chi connectivity index (χ2v) is 15.4. The van der Waals surface area contributed by atoms with Gasteiger partial charge >= 0.3 is 13.8 Å². The van der Waals surface area contributed by atoms with Crippen molar-refractivity contribution in [2.45, 2.75) is 168 Å². The number of hydrogen-bond donors (Lipinski definition) is 1. The zero-order chi connectivity index (χ0) is 34.2. The largest absolute Gasteiger partial charge is 0.472 e. The van der Waals surface area contributed by atoms with E-state index in [1.54, 1.807) is 0 Å². The monoisotopic (exact) mass is 677 g/mol. The molecule has 0 aliphatic rings. The molecule has 0 spiro atoms. The van der Waals surface area contributed by atoms with Crippen LogP contribution in [0.2, 0.25) is 0 Å². The standard InChI is InChI=1S/C37H74NO7P/c1-6-8-10-12-14-16-17-18-19-20-21-22-24-26-28-30-37(39)45-36(35-44-46(40,41)43-33-31-38(3,4)5)34-42-32-29-27-25-23-15-13-11-9-7-2/h18-19,36H,6-17,20-35H2,1-5H3/p+1/b19-18-. The summed E-state index contributed by atoms with van der Waals surface area (Å²) in [7, 11) is 1.67. The molecule has 0 heterocycles. The molecule has 0 fully saturated rings. The fourth-order valence-corrected chi connectivity index (χ4v) is 5.82. The number of rotatable bonds is 35. The van der Waals surface area contributed by atoms with Crippen molar-refractivity contribution in [3.05, 3.63) is 12.2 Å². The molecule has 0 aromatic rings. The van der Waals surface area contributed by atoms with E-state index in [0.29, 0.717) is 24.1 Å². The first-order valence-electron chi connectivity index (χ1n) is 18.9. The molecule has 274 valence electrons. The van der Waals surface area contributed by atoms with Gasteiger partial charge < -0.3 is 18.9 Å². The predicted molar refractivity (Wildman–Crippen MR) is 192 cm³/mol. The van der Waals surface area contributed by atoms with E-state index in [-0.39, 0.29) is 25.8 Å². The van der Waals surface area contributed by atoms with Gasteiger partial charge in [0, 0.05) is 13.0 Å². The van der Waals surface area contributed by atoms with Crippen molar-refractivity contribution in [1.82, 2.24) is 0 Å². The summed E-state index contributed by atoms with van der Waals surface area (Å²) in [6.07, 6.45) is 30.9. The van der Waals surface area contributed by atoms with Gasteiger partial charge in [-0.2, -0.15) is 0 Å². The lowest BCUT2D eigenvalue weighted by Gasteiger charge is -2.24. The van der Waals surface area contributed by atoms with Gasteiger partial charge in [0.25, 0.3) is 0 Å². The lowest BCUT2D eigenvalue weighted by Crippen LogP contribution is -2.37. The molecule has 2 unspecified atom stereocenters. The van der Waals surface area contributed by atoms with Gasteiger partial charge in [-0.05, 0) is 38.5 Å². The van der Waals surface area contributed by atoms with Crippen LogP contribution in [-0.2, 0) is 27.9 Å². The zero-order valence-electron chi connectivity index (χ0n) is 30.8. The fraction of sp³-hybridized carbons (Fsp3) is 0.919. The van der Waals surface area contributed by atoms with Crippen molar-refractivity contribution in [2.24, 2.45) is 0 Å². The summed E-state index contributed by atoms with van der Waals surface area (Å²) >= 11 is 0. The van der Waals surface area contributed by atoms with E-state index >= 15 is 0 Å². The number of carbonyl (C=O) groups excluding carboxylic acids is 1. The van der Waals surface area contributed by atoms with Crippen LogP contribution in [0.25, 0.3) is 0 Å². The molecule has 0 radical (unpaired) electrons. The number of carbonyl (C=O) groups is 1. The molecule has 0 aromatic carbocycles. The van der Waals surface area contributed by atoms with Gasteiger partial charge in [-0.25, -0.2) is 4.57 Å². The lowest BCUT2D eigenvalue weighted by molar-refractivity contribution is -0.870. The summed E-state index contributed by atoms with van der Waals surface area (Å²) in [6, 6.07) is 0. The molecular formula is C37H75NO7P+. The van der Waals surface area contributed by atoms with Crippen LogP contribution in [0.4, 0.5) is 0 Å². The third kappa shape index (κ3) is 34.6. The van der Waals surface area contributed by atoms with Crippen LogP contribution in [-0.4, -0.2) is 75.6 Å². The number of phosphoric ester groups is 1. The zero-order valence-corrected chi connectivity index (χ0v) is 31.7. The average Bonchev–Trinajstić information content (AvgIpc) is 2.99. The smallest absolute Gasteiger partial charge is 0.457 e. The van der Waals surface area contributed by atoms with Crippen molar-refractivity contribution in [1.29, 1.82) is 0 Å². The maximum absolute atomic E-state index is 12.6. The highest BCUT2D eigenvalue weighted by molar-refractivity contribution is 7.47. The van der Waals surface area contributed by atoms with Gasteiger partial charge in [0.05, 0.1) is 34.4 Å². The van der Waals surface area contributed by atoms with E-state index in [0.717, 1.165) is 38.5 Å². The van der Waals surface area contributed by atoms with Crippen LogP contribution in [0.3, 0.4) is 0 Å². The van der Waals surface area contributed by atoms with E-state index in [9.17, 15) is 14.3 Å². The minimum atomic E-state index is -4.26. The van der Waals surface area contributed by atoms with Crippen LogP contribution >= 0.6 is 7.82 Å². The Morgan fingerprint density at radius 2 is 1.13 bits per heavy atom. The second kappa shape index (κ2) is 31.5. The maximum Gasteiger partial charge on any atom is 0.472 e. The predicted octanol–water partition coefficient (Wildman–Crippen LogP) is 10.3. The Hall–Kier alpha value is -0.760. The molecule has 46 heavy (non-hydrogen) atoms. The van der Waals surface area contributed by atoms with Gasteiger partial charge in [0.2, 0.25) is 0 Å². The van der Waals surface area contributed by atoms with Gasteiger partial charge in [-0.1, -0.05) is 129 Å². The highest BCUT2D eigenvalue weighted by Crippen LogP contribution is 2.43. The Kier molecular flexibility index (Phi) is 31.0. The van der Waals surface area contributed by atoms with Crippen LogP contribution in [0, 0.1) is 0 Å². The van der Waals surface area contributed by atoms with Gasteiger partial charge in [0.15, 0.2) is 0 Å². The van der Waals surface area contributed by atoms with E-state index in [1.807, 2.05) is 21.1 Å². The Morgan fingerprint density at radius 1 is 0.652 bits per heavy atom. The van der Waals surface area contributed by atoms with Crippen molar-refractivity contribution in [3.63, 3.8) is 0 Å². The van der Waals surface area contributed by atoms with Crippen molar-refractivity contribution < 1.29 is 37.3 Å². The number of phosphoric acid groups is 1. The summed E-state index contributed by atoms with van der Waals surface area (Å²) in [5.41, 5.74) is 0. The van der Waals surface area contributed by atoms with Gasteiger partial charge in [-0.3, -0.25) is 13.8 Å². The van der Waals surface area contributed by atoms with Crippen molar-refractivity contribution in [3.8, 4) is 0 Å². The van der Waals surface area contributed by atoms with Gasteiger partial charge in [-0.15, -0.1) is 0 Å². The summed E-state index contributed by atoms with van der Waals surface area (Å²) in [6.45, 7) is 5.60. The van der Waals surface area contributed by atoms with Crippen molar-refractivity contribution in [2.75, 3.05) is 54.1 Å². The maximum atomic E-state index is 12.6. The number of quaternary nitrogens is 1. The minimum Gasteiger partial charge on any atom is -0.457 e. The molecule has 0 aliphatic carbocycles. The van der Waals surface area contributed by atoms with Crippen LogP contribution < -0.4 is 0 Å². The molecule has 2 atom stereocenters. The van der Waals surface area contributed by atoms with Crippen LogP contribution in [0.1, 0.15) is 162 Å². The highest BCUT2D eigenvalue weighted by atomic mass is 31.2. The fourth-order valence-electron chi connectivity index (χ4n) is 5.08. The third-order valence-corrected chi connectivity index (χ3v) is 9.06. The Balaban J connectivity index is 4.28. The highest BCUT2D eigenvalue weighted by Gasteiger charge is 2.26. The quantitative estimate of drug-likeness (QED) is 0.0235. The van der Waals surface area contributed by atoms with E-state index < -0.39 is 13.9 Å². The molecule has 0 bridgehead atoms. The summed E-state index contributed by atoms with van der Waals surface area (Å²) in [5, 5.41) is 0. The summed E-state index contributed by atoms with van der Waals surface area (Å²) in [4.78, 5) is 22.7. The molecule has 0 saturated carbocycles. The van der Waals surface area contributed by atoms with E-state index in [1.165, 1.54) is 103 Å². The number of esters is 1. The normalized spacial score (nSPS) is 14.1. The molecule has 0 aromatic heterocycles. The summed E-state index contributed by atoms with van der Waals surface area (Å²) in [5.74, 6) is -0.323. The number of hydrogen-bond acceptors (Lipinski definition) is 6. The Labute approximate surface area is 284 Å².